The third-order valence-corrected chi connectivity index (χ3v) is 4.28. The molecular weight excluding hydrogens is 296 g/mol. The number of carbonyl (C=O) groups is 1. The van der Waals surface area contributed by atoms with Crippen molar-refractivity contribution in [3.05, 3.63) is 23.8 Å². The van der Waals surface area contributed by atoms with E-state index in [0.29, 0.717) is 30.3 Å². The molecule has 1 aromatic carbocycles. The molecule has 0 aromatic heterocycles. The monoisotopic (exact) mass is 320 g/mol. The quantitative estimate of drug-likeness (QED) is 0.836. The van der Waals surface area contributed by atoms with Crippen LogP contribution in [0.15, 0.2) is 18.2 Å². The van der Waals surface area contributed by atoms with E-state index in [1.807, 2.05) is 23.1 Å². The lowest BCUT2D eigenvalue weighted by Gasteiger charge is -2.25. The maximum Gasteiger partial charge on any atom is 0.257 e. The van der Waals surface area contributed by atoms with Crippen LogP contribution in [-0.2, 0) is 4.74 Å². The Kier molecular flexibility index (Phi) is 5.35. The van der Waals surface area contributed by atoms with Gasteiger partial charge in [-0.25, -0.2) is 0 Å². The molecule has 0 spiro atoms. The Bertz CT molecular complexity index is 549. The minimum Gasteiger partial charge on any atom is -0.486 e. The zero-order valence-corrected chi connectivity index (χ0v) is 13.6. The number of fused-ring (bicyclic) bond motifs is 1. The Hall–Kier alpha value is -1.79. The average Bonchev–Trinajstić information content (AvgIpc) is 2.84. The van der Waals surface area contributed by atoms with E-state index in [1.54, 1.807) is 7.11 Å². The van der Waals surface area contributed by atoms with Crippen LogP contribution in [0.3, 0.4) is 0 Å². The Morgan fingerprint density at radius 2 is 2.04 bits per heavy atom. The first-order chi connectivity index (χ1) is 11.3. The highest BCUT2D eigenvalue weighted by molar-refractivity contribution is 5.98. The van der Waals surface area contributed by atoms with Crippen molar-refractivity contribution in [3.8, 4) is 11.5 Å². The van der Waals surface area contributed by atoms with E-state index in [0.717, 1.165) is 45.8 Å². The number of amides is 1. The lowest BCUT2D eigenvalue weighted by Crippen LogP contribution is -2.36. The SMILES string of the molecule is COCCN1CCCN(C(=O)c2cccc3c2OCCO3)CC1. The number of benzene rings is 1. The van der Waals surface area contributed by atoms with Gasteiger partial charge < -0.3 is 19.1 Å². The maximum absolute atomic E-state index is 12.9. The Morgan fingerprint density at radius 3 is 2.91 bits per heavy atom. The molecular formula is C17H24N2O4. The van der Waals surface area contributed by atoms with Gasteiger partial charge in [0, 0.05) is 33.3 Å². The number of carbonyl (C=O) groups excluding carboxylic acids is 1. The molecule has 23 heavy (non-hydrogen) atoms. The Morgan fingerprint density at radius 1 is 1.17 bits per heavy atom. The second-order valence-corrected chi connectivity index (χ2v) is 5.81. The van der Waals surface area contributed by atoms with Gasteiger partial charge in [-0.1, -0.05) is 6.07 Å². The van der Waals surface area contributed by atoms with Gasteiger partial charge in [0.1, 0.15) is 13.2 Å². The maximum atomic E-state index is 12.9. The summed E-state index contributed by atoms with van der Waals surface area (Å²) in [5, 5.41) is 0. The fourth-order valence-electron chi connectivity index (χ4n) is 3.03. The number of para-hydroxylation sites is 1. The van der Waals surface area contributed by atoms with Crippen molar-refractivity contribution in [3.63, 3.8) is 0 Å². The van der Waals surface area contributed by atoms with E-state index >= 15 is 0 Å². The van der Waals surface area contributed by atoms with Crippen LogP contribution in [-0.4, -0.2) is 75.4 Å². The van der Waals surface area contributed by atoms with Gasteiger partial charge in [0.25, 0.3) is 5.91 Å². The van der Waals surface area contributed by atoms with Gasteiger partial charge in [0.15, 0.2) is 11.5 Å². The molecule has 0 atom stereocenters. The fourth-order valence-corrected chi connectivity index (χ4v) is 3.03. The van der Waals surface area contributed by atoms with Gasteiger partial charge in [0.05, 0.1) is 12.2 Å². The third kappa shape index (κ3) is 3.76. The van der Waals surface area contributed by atoms with Gasteiger partial charge in [-0.2, -0.15) is 0 Å². The molecule has 0 saturated carbocycles. The lowest BCUT2D eigenvalue weighted by molar-refractivity contribution is 0.0748. The van der Waals surface area contributed by atoms with Crippen LogP contribution in [0.25, 0.3) is 0 Å². The van der Waals surface area contributed by atoms with Crippen molar-refractivity contribution < 1.29 is 19.0 Å². The van der Waals surface area contributed by atoms with Gasteiger partial charge in [-0.05, 0) is 25.1 Å². The first-order valence-corrected chi connectivity index (χ1v) is 8.19. The number of nitrogens with zero attached hydrogens (tertiary/aromatic N) is 2. The summed E-state index contributed by atoms with van der Waals surface area (Å²) in [5.41, 5.74) is 0.604. The molecule has 3 rings (SSSR count). The molecule has 0 N–H and O–H groups in total. The molecule has 126 valence electrons. The van der Waals surface area contributed by atoms with Crippen LogP contribution in [0.5, 0.6) is 11.5 Å². The molecule has 1 aromatic rings. The van der Waals surface area contributed by atoms with Crippen molar-refractivity contribution in [2.75, 3.05) is 59.7 Å². The standard InChI is InChI=1S/C17H24N2O4/c1-21-11-10-18-6-3-7-19(9-8-18)17(20)14-4-2-5-15-16(14)23-13-12-22-15/h2,4-5H,3,6-13H2,1H3. The second kappa shape index (κ2) is 7.66. The number of methoxy groups -OCH3 is 1. The van der Waals surface area contributed by atoms with Crippen LogP contribution >= 0.6 is 0 Å². The fraction of sp³-hybridized carbons (Fsp3) is 0.588. The number of rotatable bonds is 4. The van der Waals surface area contributed by atoms with Gasteiger partial charge in [-0.3, -0.25) is 9.69 Å². The van der Waals surface area contributed by atoms with E-state index < -0.39 is 0 Å². The van der Waals surface area contributed by atoms with Crippen LogP contribution in [0.4, 0.5) is 0 Å². The first kappa shape index (κ1) is 16.1. The molecule has 6 nitrogen and oxygen atoms in total. The van der Waals surface area contributed by atoms with Gasteiger partial charge in [0.2, 0.25) is 0 Å². The van der Waals surface area contributed by atoms with Gasteiger partial charge >= 0.3 is 0 Å². The van der Waals surface area contributed by atoms with Crippen LogP contribution < -0.4 is 9.47 Å². The Balaban J connectivity index is 1.69. The summed E-state index contributed by atoms with van der Waals surface area (Å²) >= 11 is 0. The molecule has 2 aliphatic rings. The summed E-state index contributed by atoms with van der Waals surface area (Å²) in [6.07, 6.45) is 0.974. The van der Waals surface area contributed by atoms with Crippen molar-refractivity contribution in [2.45, 2.75) is 6.42 Å². The number of hydrogen-bond donors (Lipinski definition) is 0. The van der Waals surface area contributed by atoms with E-state index in [9.17, 15) is 4.79 Å². The molecule has 0 bridgehead atoms. The topological polar surface area (TPSA) is 51.2 Å². The highest BCUT2D eigenvalue weighted by atomic mass is 16.6. The number of ether oxygens (including phenoxy) is 3. The van der Waals surface area contributed by atoms with Crippen molar-refractivity contribution in [1.82, 2.24) is 9.80 Å². The normalized spacial score (nSPS) is 18.6. The Labute approximate surface area is 136 Å². The number of hydrogen-bond acceptors (Lipinski definition) is 5. The van der Waals surface area contributed by atoms with E-state index in [4.69, 9.17) is 14.2 Å². The predicted octanol–water partition coefficient (Wildman–Crippen LogP) is 1.25. The van der Waals surface area contributed by atoms with E-state index in [-0.39, 0.29) is 5.91 Å². The third-order valence-electron chi connectivity index (χ3n) is 4.28. The highest BCUT2D eigenvalue weighted by Gasteiger charge is 2.25. The van der Waals surface area contributed by atoms with E-state index in [2.05, 4.69) is 4.90 Å². The summed E-state index contributed by atoms with van der Waals surface area (Å²) in [7, 11) is 1.72. The smallest absolute Gasteiger partial charge is 0.257 e. The highest BCUT2D eigenvalue weighted by Crippen LogP contribution is 2.34. The summed E-state index contributed by atoms with van der Waals surface area (Å²) in [5.74, 6) is 1.28. The predicted molar refractivity (Wildman–Crippen MR) is 86.3 cm³/mol. The molecule has 1 amide bonds. The summed E-state index contributed by atoms with van der Waals surface area (Å²) < 4.78 is 16.4. The van der Waals surface area contributed by atoms with Crippen molar-refractivity contribution in [2.24, 2.45) is 0 Å². The first-order valence-electron chi connectivity index (χ1n) is 8.19. The molecule has 2 aliphatic heterocycles. The second-order valence-electron chi connectivity index (χ2n) is 5.81. The molecule has 1 fully saturated rings. The summed E-state index contributed by atoms with van der Waals surface area (Å²) in [4.78, 5) is 17.2. The summed E-state index contributed by atoms with van der Waals surface area (Å²) in [6.45, 7) is 6.04. The molecule has 0 aliphatic carbocycles. The van der Waals surface area contributed by atoms with Crippen molar-refractivity contribution in [1.29, 1.82) is 0 Å². The zero-order valence-electron chi connectivity index (χ0n) is 13.6. The average molecular weight is 320 g/mol. The zero-order chi connectivity index (χ0) is 16.1. The summed E-state index contributed by atoms with van der Waals surface area (Å²) in [6, 6.07) is 5.52. The van der Waals surface area contributed by atoms with Crippen molar-refractivity contribution >= 4 is 5.91 Å². The minimum absolute atomic E-state index is 0.0286. The minimum atomic E-state index is 0.0286. The molecule has 0 unspecified atom stereocenters. The lowest BCUT2D eigenvalue weighted by atomic mass is 10.1. The molecule has 0 radical (unpaired) electrons. The molecule has 2 heterocycles. The van der Waals surface area contributed by atoms with Crippen LogP contribution in [0.1, 0.15) is 16.8 Å². The van der Waals surface area contributed by atoms with E-state index in [1.165, 1.54) is 0 Å². The van der Waals surface area contributed by atoms with Crippen LogP contribution in [0, 0.1) is 0 Å². The van der Waals surface area contributed by atoms with Gasteiger partial charge in [-0.15, -0.1) is 0 Å². The molecule has 1 saturated heterocycles. The van der Waals surface area contributed by atoms with Crippen LogP contribution in [0.2, 0.25) is 0 Å². The molecule has 6 heteroatoms. The largest absolute Gasteiger partial charge is 0.486 e.